The second-order valence-electron chi connectivity index (χ2n) is 6.42. The van der Waals surface area contributed by atoms with E-state index >= 15 is 0 Å². The van der Waals surface area contributed by atoms with E-state index < -0.39 is 10.9 Å². The van der Waals surface area contributed by atoms with Crippen molar-refractivity contribution in [3.05, 3.63) is 34.4 Å². The first kappa shape index (κ1) is 22.6. The van der Waals surface area contributed by atoms with Crippen molar-refractivity contribution in [2.75, 3.05) is 6.61 Å². The third-order valence-electron chi connectivity index (χ3n) is 4.03. The number of nitrogens with zero attached hydrogens (tertiary/aromatic N) is 1. The minimum absolute atomic E-state index is 0.0508. The molecule has 1 aromatic rings. The molecule has 0 spiro atoms. The van der Waals surface area contributed by atoms with E-state index in [1.54, 1.807) is 0 Å². The lowest BCUT2D eigenvalue weighted by molar-refractivity contribution is -0.384. The van der Waals surface area contributed by atoms with Crippen molar-refractivity contribution in [2.45, 2.75) is 71.1 Å². The van der Waals surface area contributed by atoms with E-state index in [1.807, 2.05) is 0 Å². The van der Waals surface area contributed by atoms with Crippen molar-refractivity contribution < 1.29 is 24.0 Å². The van der Waals surface area contributed by atoms with E-state index in [0.717, 1.165) is 12.8 Å². The molecule has 150 valence electrons. The summed E-state index contributed by atoms with van der Waals surface area (Å²) in [6, 6.07) is 5.43. The first-order chi connectivity index (χ1) is 13.0. The molecule has 7 heteroatoms. The Bertz CT molecular complexity index is 602. The number of benzene rings is 1. The van der Waals surface area contributed by atoms with Crippen LogP contribution in [0.25, 0.3) is 0 Å². The maximum atomic E-state index is 11.7. The van der Waals surface area contributed by atoms with Crippen molar-refractivity contribution in [3.63, 3.8) is 0 Å². The highest BCUT2D eigenvalue weighted by Gasteiger charge is 2.11. The summed E-state index contributed by atoms with van der Waals surface area (Å²) in [5.41, 5.74) is -0.144. The van der Waals surface area contributed by atoms with Crippen LogP contribution >= 0.6 is 0 Å². The van der Waals surface area contributed by atoms with Gasteiger partial charge in [0, 0.05) is 18.9 Å². The van der Waals surface area contributed by atoms with E-state index in [0.29, 0.717) is 13.0 Å². The van der Waals surface area contributed by atoms with Gasteiger partial charge < -0.3 is 9.47 Å². The molecule has 0 aromatic heterocycles. The molecule has 0 fully saturated rings. The maximum absolute atomic E-state index is 11.7. The fourth-order valence-corrected chi connectivity index (χ4v) is 2.54. The molecule has 1 rings (SSSR count). The van der Waals surface area contributed by atoms with Gasteiger partial charge in [-0.1, -0.05) is 51.5 Å². The van der Waals surface area contributed by atoms with E-state index in [1.165, 1.54) is 56.4 Å². The lowest BCUT2D eigenvalue weighted by Crippen LogP contribution is -2.10. The molecule has 0 aliphatic rings. The number of hydrogen-bond acceptors (Lipinski definition) is 6. The van der Waals surface area contributed by atoms with Crippen molar-refractivity contribution in [2.24, 2.45) is 0 Å². The molecule has 1 aromatic carbocycles. The fourth-order valence-electron chi connectivity index (χ4n) is 2.54. The van der Waals surface area contributed by atoms with Crippen LogP contribution < -0.4 is 4.74 Å². The average Bonchev–Trinajstić information content (AvgIpc) is 2.64. The van der Waals surface area contributed by atoms with Crippen molar-refractivity contribution in [3.8, 4) is 5.75 Å². The van der Waals surface area contributed by atoms with Gasteiger partial charge in [0.15, 0.2) is 0 Å². The van der Waals surface area contributed by atoms with Gasteiger partial charge in [0.25, 0.3) is 5.69 Å². The molecule has 0 unspecified atom stereocenters. The van der Waals surface area contributed by atoms with Crippen LogP contribution in [0, 0.1) is 10.1 Å². The number of nitro groups is 1. The summed E-state index contributed by atoms with van der Waals surface area (Å²) in [6.07, 6.45) is 8.63. The standard InChI is InChI=1S/C20H29NO6/c1-2-3-4-5-6-7-8-15-26-19(22)13-10-14-20(23)27-18-12-9-11-17(16-18)21(24)25/h9,11-12,16H,2-8,10,13-15H2,1H3. The van der Waals surface area contributed by atoms with Crippen molar-refractivity contribution >= 4 is 17.6 Å². The quantitative estimate of drug-likeness (QED) is 0.149. The molecule has 0 heterocycles. The number of carbonyl (C=O) groups excluding carboxylic acids is 2. The van der Waals surface area contributed by atoms with Gasteiger partial charge in [0.2, 0.25) is 0 Å². The highest BCUT2D eigenvalue weighted by Crippen LogP contribution is 2.19. The lowest BCUT2D eigenvalue weighted by Gasteiger charge is -2.06. The predicted molar refractivity (Wildman–Crippen MR) is 102 cm³/mol. The Balaban J connectivity index is 2.09. The molecular formula is C20H29NO6. The summed E-state index contributed by atoms with van der Waals surface area (Å²) in [5.74, 6) is -0.727. The van der Waals surface area contributed by atoms with E-state index in [9.17, 15) is 19.7 Å². The highest BCUT2D eigenvalue weighted by molar-refractivity contribution is 5.74. The molecule has 0 atom stereocenters. The number of esters is 2. The Morgan fingerprint density at radius 1 is 0.963 bits per heavy atom. The topological polar surface area (TPSA) is 95.7 Å². The summed E-state index contributed by atoms with van der Waals surface area (Å²) in [5, 5.41) is 10.7. The van der Waals surface area contributed by atoms with Crippen LogP contribution in [0.3, 0.4) is 0 Å². The number of rotatable bonds is 14. The van der Waals surface area contributed by atoms with Gasteiger partial charge in [-0.25, -0.2) is 0 Å². The van der Waals surface area contributed by atoms with Crippen LogP contribution in [-0.4, -0.2) is 23.5 Å². The van der Waals surface area contributed by atoms with Crippen molar-refractivity contribution in [1.29, 1.82) is 0 Å². The molecule has 0 bridgehead atoms. The second-order valence-corrected chi connectivity index (χ2v) is 6.42. The lowest BCUT2D eigenvalue weighted by atomic mass is 10.1. The number of ether oxygens (including phenoxy) is 2. The number of carbonyl (C=O) groups is 2. The summed E-state index contributed by atoms with van der Waals surface area (Å²) in [4.78, 5) is 33.5. The number of hydrogen-bond donors (Lipinski definition) is 0. The molecule has 0 radical (unpaired) electrons. The molecule has 0 N–H and O–H groups in total. The SMILES string of the molecule is CCCCCCCCCOC(=O)CCCC(=O)Oc1cccc([N+](=O)[O-])c1. The van der Waals surface area contributed by atoms with Crippen LogP contribution in [0.5, 0.6) is 5.75 Å². The van der Waals surface area contributed by atoms with Crippen LogP contribution in [0.2, 0.25) is 0 Å². The van der Waals surface area contributed by atoms with Gasteiger partial charge in [-0.2, -0.15) is 0 Å². The van der Waals surface area contributed by atoms with Gasteiger partial charge in [-0.15, -0.1) is 0 Å². The van der Waals surface area contributed by atoms with Crippen LogP contribution in [0.1, 0.15) is 71.1 Å². The number of nitro benzene ring substituents is 1. The third-order valence-corrected chi connectivity index (χ3v) is 4.03. The second kappa shape index (κ2) is 13.7. The average molecular weight is 379 g/mol. The molecule has 27 heavy (non-hydrogen) atoms. The van der Waals surface area contributed by atoms with Gasteiger partial charge >= 0.3 is 11.9 Å². The molecule has 0 saturated carbocycles. The van der Waals surface area contributed by atoms with Crippen LogP contribution in [0.15, 0.2) is 24.3 Å². The van der Waals surface area contributed by atoms with E-state index in [2.05, 4.69) is 6.92 Å². The Hall–Kier alpha value is -2.44. The minimum Gasteiger partial charge on any atom is -0.466 e. The summed E-state index contributed by atoms with van der Waals surface area (Å²) < 4.78 is 10.2. The van der Waals surface area contributed by atoms with Gasteiger partial charge in [-0.3, -0.25) is 19.7 Å². The van der Waals surface area contributed by atoms with Crippen molar-refractivity contribution in [1.82, 2.24) is 0 Å². The zero-order chi connectivity index (χ0) is 19.9. The molecule has 0 saturated heterocycles. The van der Waals surface area contributed by atoms with Crippen LogP contribution in [0.4, 0.5) is 5.69 Å². The smallest absolute Gasteiger partial charge is 0.311 e. The molecule has 0 aliphatic heterocycles. The van der Waals surface area contributed by atoms with Crippen LogP contribution in [-0.2, 0) is 14.3 Å². The maximum Gasteiger partial charge on any atom is 0.311 e. The number of non-ortho nitro benzene ring substituents is 1. The third kappa shape index (κ3) is 11.0. The zero-order valence-electron chi connectivity index (χ0n) is 16.0. The Labute approximate surface area is 160 Å². The zero-order valence-corrected chi connectivity index (χ0v) is 16.0. The normalized spacial score (nSPS) is 10.4. The Kier molecular flexibility index (Phi) is 11.5. The van der Waals surface area contributed by atoms with Gasteiger partial charge in [0.05, 0.1) is 17.6 Å². The van der Waals surface area contributed by atoms with E-state index in [4.69, 9.17) is 9.47 Å². The summed E-state index contributed by atoms with van der Waals surface area (Å²) in [7, 11) is 0. The number of unbranched alkanes of at least 4 members (excludes halogenated alkanes) is 6. The highest BCUT2D eigenvalue weighted by atomic mass is 16.6. The summed E-state index contributed by atoms with van der Waals surface area (Å²) in [6.45, 7) is 2.61. The largest absolute Gasteiger partial charge is 0.466 e. The van der Waals surface area contributed by atoms with Gasteiger partial charge in [-0.05, 0) is 18.9 Å². The van der Waals surface area contributed by atoms with Gasteiger partial charge in [0.1, 0.15) is 5.75 Å². The monoisotopic (exact) mass is 379 g/mol. The first-order valence-corrected chi connectivity index (χ1v) is 9.63. The molecular weight excluding hydrogens is 350 g/mol. The fraction of sp³-hybridized carbons (Fsp3) is 0.600. The Morgan fingerprint density at radius 3 is 2.33 bits per heavy atom. The first-order valence-electron chi connectivity index (χ1n) is 9.63. The Morgan fingerprint density at radius 2 is 1.63 bits per heavy atom. The molecule has 0 amide bonds. The predicted octanol–water partition coefficient (Wildman–Crippen LogP) is 4.96. The minimum atomic E-state index is -0.557. The van der Waals surface area contributed by atoms with E-state index in [-0.39, 0.29) is 30.2 Å². The molecule has 0 aliphatic carbocycles. The molecule has 7 nitrogen and oxygen atoms in total. The summed E-state index contributed by atoms with van der Waals surface area (Å²) >= 11 is 0.